The molecule has 0 spiro atoms. The highest BCUT2D eigenvalue weighted by atomic mass is 35.5. The Morgan fingerprint density at radius 3 is 1.92 bits per heavy atom. The molecule has 2 atom stereocenters. The Labute approximate surface area is 239 Å². The second-order valence-corrected chi connectivity index (χ2v) is 16.8. The normalized spacial score (nSPS) is 20.0. The number of ether oxygens (including phenoxy) is 2. The summed E-state index contributed by atoms with van der Waals surface area (Å²) in [4.78, 5) is 28.6. The first-order valence-electron chi connectivity index (χ1n) is 13.3. The van der Waals surface area contributed by atoms with E-state index in [-0.39, 0.29) is 30.3 Å². The molecule has 1 aliphatic heterocycles. The van der Waals surface area contributed by atoms with Crippen LogP contribution < -0.4 is 10.4 Å². The van der Waals surface area contributed by atoms with Gasteiger partial charge < -0.3 is 13.9 Å². The maximum absolute atomic E-state index is 13.6. The minimum Gasteiger partial charge on any atom is -0.467 e. The predicted octanol–water partition coefficient (Wildman–Crippen LogP) is 5.67. The SMILES string of the molecule is C=C(CCl)C[C@]1(C(=O)OC)C[C@@H](O[Si](c2ccccc2)(c2ccccc2)C(C)(C)C)CN1C(=O)OC(C)(C)C. The van der Waals surface area contributed by atoms with Gasteiger partial charge in [0.2, 0.25) is 0 Å². The van der Waals surface area contributed by atoms with E-state index < -0.39 is 37.6 Å². The van der Waals surface area contributed by atoms with E-state index in [2.05, 4.69) is 51.6 Å². The molecular formula is C31H42ClNO5Si. The van der Waals surface area contributed by atoms with Crippen molar-refractivity contribution in [3.8, 4) is 0 Å². The van der Waals surface area contributed by atoms with Gasteiger partial charge >= 0.3 is 12.1 Å². The molecule has 2 aromatic carbocycles. The first kappa shape index (κ1) is 30.9. The van der Waals surface area contributed by atoms with Gasteiger partial charge in [0.25, 0.3) is 8.32 Å². The van der Waals surface area contributed by atoms with Crippen LogP contribution in [0.5, 0.6) is 0 Å². The quantitative estimate of drug-likeness (QED) is 0.177. The molecule has 6 nitrogen and oxygen atoms in total. The van der Waals surface area contributed by atoms with Crippen LogP contribution in [-0.4, -0.2) is 62.1 Å². The van der Waals surface area contributed by atoms with Crippen LogP contribution in [0, 0.1) is 0 Å². The minimum absolute atomic E-state index is 0.154. The zero-order valence-electron chi connectivity index (χ0n) is 24.3. The van der Waals surface area contributed by atoms with Crippen molar-refractivity contribution in [2.24, 2.45) is 0 Å². The van der Waals surface area contributed by atoms with Crippen LogP contribution in [0.15, 0.2) is 72.8 Å². The largest absolute Gasteiger partial charge is 0.467 e. The molecule has 3 rings (SSSR count). The van der Waals surface area contributed by atoms with Crippen molar-refractivity contribution in [2.75, 3.05) is 19.5 Å². The number of rotatable bonds is 8. The lowest BCUT2D eigenvalue weighted by Crippen LogP contribution is -2.67. The van der Waals surface area contributed by atoms with Gasteiger partial charge in [0, 0.05) is 18.7 Å². The van der Waals surface area contributed by atoms with Crippen LogP contribution >= 0.6 is 11.6 Å². The summed E-state index contributed by atoms with van der Waals surface area (Å²) in [6.45, 7) is 16.2. The monoisotopic (exact) mass is 571 g/mol. The van der Waals surface area contributed by atoms with E-state index in [0.29, 0.717) is 5.57 Å². The molecule has 0 N–H and O–H groups in total. The standard InChI is InChI=1S/C31H42ClNO5Si/c1-23(21-32)19-31(27(34)36-8)20-24(22-33(31)28(35)37-29(2,3)4)38-39(30(5,6)7,25-15-11-9-12-16-25)26-17-13-10-14-18-26/h9-18,24H,1,19-22H2,2-8H3/t24-,31-/m1/s1. The molecule has 1 fully saturated rings. The molecule has 0 aromatic heterocycles. The van der Waals surface area contributed by atoms with E-state index in [0.717, 1.165) is 10.4 Å². The molecule has 1 saturated heterocycles. The van der Waals surface area contributed by atoms with Crippen LogP contribution in [0.1, 0.15) is 54.4 Å². The molecule has 2 aromatic rings. The second kappa shape index (κ2) is 11.9. The van der Waals surface area contributed by atoms with Gasteiger partial charge in [-0.3, -0.25) is 4.90 Å². The van der Waals surface area contributed by atoms with Gasteiger partial charge in [-0.15, -0.1) is 11.6 Å². The minimum atomic E-state index is -2.96. The van der Waals surface area contributed by atoms with Gasteiger partial charge in [-0.05, 0) is 36.2 Å². The van der Waals surface area contributed by atoms with E-state index in [9.17, 15) is 9.59 Å². The molecule has 212 valence electrons. The molecule has 1 aliphatic rings. The van der Waals surface area contributed by atoms with Crippen LogP contribution in [0.2, 0.25) is 5.04 Å². The number of carbonyl (C=O) groups excluding carboxylic acids is 2. The van der Waals surface area contributed by atoms with Crippen molar-refractivity contribution in [1.29, 1.82) is 0 Å². The lowest BCUT2D eigenvalue weighted by atomic mass is 9.88. The fourth-order valence-electron chi connectivity index (χ4n) is 5.60. The average Bonchev–Trinajstić information content (AvgIpc) is 3.24. The summed E-state index contributed by atoms with van der Waals surface area (Å²) in [5.74, 6) is -0.380. The number of hydrogen-bond donors (Lipinski definition) is 0. The van der Waals surface area contributed by atoms with Gasteiger partial charge in [0.1, 0.15) is 11.1 Å². The average molecular weight is 572 g/mol. The molecule has 39 heavy (non-hydrogen) atoms. The molecule has 1 heterocycles. The highest BCUT2D eigenvalue weighted by Crippen LogP contribution is 2.43. The van der Waals surface area contributed by atoms with E-state index in [1.807, 2.05) is 36.4 Å². The molecule has 0 aliphatic carbocycles. The summed E-state index contributed by atoms with van der Waals surface area (Å²) in [5.41, 5.74) is -1.47. The van der Waals surface area contributed by atoms with Crippen LogP contribution in [0.4, 0.5) is 4.79 Å². The molecule has 0 unspecified atom stereocenters. The third-order valence-electron chi connectivity index (χ3n) is 7.14. The smallest absolute Gasteiger partial charge is 0.411 e. The van der Waals surface area contributed by atoms with Crippen LogP contribution in [0.3, 0.4) is 0 Å². The van der Waals surface area contributed by atoms with Crippen LogP contribution in [-0.2, 0) is 18.7 Å². The lowest BCUT2D eigenvalue weighted by Gasteiger charge is -2.44. The van der Waals surface area contributed by atoms with Gasteiger partial charge in [-0.25, -0.2) is 9.59 Å². The molecule has 0 bridgehead atoms. The van der Waals surface area contributed by atoms with E-state index in [4.69, 9.17) is 25.5 Å². The molecule has 0 saturated carbocycles. The van der Waals surface area contributed by atoms with Gasteiger partial charge in [0.05, 0.1) is 19.8 Å². The summed E-state index contributed by atoms with van der Waals surface area (Å²) < 4.78 is 18.4. The Hall–Kier alpha value is -2.61. The highest BCUT2D eigenvalue weighted by Gasteiger charge is 2.59. The van der Waals surface area contributed by atoms with Crippen molar-refractivity contribution >= 4 is 42.4 Å². The first-order valence-corrected chi connectivity index (χ1v) is 15.7. The lowest BCUT2D eigenvalue weighted by molar-refractivity contribution is -0.153. The number of alkyl halides is 1. The number of likely N-dealkylation sites (tertiary alicyclic amines) is 1. The van der Waals surface area contributed by atoms with E-state index >= 15 is 0 Å². The molecule has 0 radical (unpaired) electrons. The van der Waals surface area contributed by atoms with Crippen LogP contribution in [0.25, 0.3) is 0 Å². The summed E-state index contributed by atoms with van der Waals surface area (Å²) in [6, 6.07) is 20.6. The van der Waals surface area contributed by atoms with E-state index in [1.165, 1.54) is 12.0 Å². The van der Waals surface area contributed by atoms with Crippen molar-refractivity contribution in [1.82, 2.24) is 4.90 Å². The van der Waals surface area contributed by atoms with Crippen molar-refractivity contribution in [3.63, 3.8) is 0 Å². The second-order valence-electron chi connectivity index (χ2n) is 12.3. The van der Waals surface area contributed by atoms with E-state index in [1.54, 1.807) is 20.8 Å². The molecule has 8 heteroatoms. The predicted molar refractivity (Wildman–Crippen MR) is 159 cm³/mol. The van der Waals surface area contributed by atoms with Crippen molar-refractivity contribution < 1.29 is 23.5 Å². The number of amides is 1. The van der Waals surface area contributed by atoms with Gasteiger partial charge in [-0.2, -0.15) is 0 Å². The highest BCUT2D eigenvalue weighted by molar-refractivity contribution is 6.99. The molecular weight excluding hydrogens is 530 g/mol. The Morgan fingerprint density at radius 2 is 1.51 bits per heavy atom. The zero-order chi connectivity index (χ0) is 29.1. The number of carbonyl (C=O) groups is 2. The third kappa shape index (κ3) is 6.42. The van der Waals surface area contributed by atoms with Crippen molar-refractivity contribution in [3.05, 3.63) is 72.8 Å². The summed E-state index contributed by atoms with van der Waals surface area (Å²) in [5, 5.41) is 1.96. The fourth-order valence-corrected chi connectivity index (χ4v) is 10.4. The van der Waals surface area contributed by atoms with Crippen molar-refractivity contribution in [2.45, 2.75) is 76.7 Å². The molecule has 1 amide bonds. The Balaban J connectivity index is 2.18. The summed E-state index contributed by atoms with van der Waals surface area (Å²) in [6.07, 6.45) is -0.669. The number of nitrogens with zero attached hydrogens (tertiary/aromatic N) is 1. The first-order chi connectivity index (χ1) is 18.2. The number of esters is 1. The fraction of sp³-hybridized carbons (Fsp3) is 0.484. The van der Waals surface area contributed by atoms with Gasteiger partial charge in [-0.1, -0.05) is 93.6 Å². The van der Waals surface area contributed by atoms with Gasteiger partial charge in [0.15, 0.2) is 0 Å². The Kier molecular flexibility index (Phi) is 9.41. The summed E-state index contributed by atoms with van der Waals surface area (Å²) >= 11 is 6.13. The zero-order valence-corrected chi connectivity index (χ0v) is 26.0. The topological polar surface area (TPSA) is 65.1 Å². The Morgan fingerprint density at radius 1 is 1.00 bits per heavy atom. The number of benzene rings is 2. The summed E-state index contributed by atoms with van der Waals surface area (Å²) in [7, 11) is -1.63. The Bertz CT molecular complexity index is 1120. The third-order valence-corrected chi connectivity index (χ3v) is 12.6. The maximum atomic E-state index is 13.6. The number of halogens is 1. The maximum Gasteiger partial charge on any atom is 0.411 e. The number of hydrogen-bond acceptors (Lipinski definition) is 5. The number of methoxy groups -OCH3 is 1.